The highest BCUT2D eigenvalue weighted by molar-refractivity contribution is 7.19. The number of rotatable bonds is 2. The molecule has 4 heterocycles. The second kappa shape index (κ2) is 7.41. The van der Waals surface area contributed by atoms with Crippen LogP contribution in [0, 0.1) is 5.92 Å². The largest absolute Gasteiger partial charge is 0.350 e. The Labute approximate surface area is 170 Å². The molecule has 5 nitrogen and oxygen atoms in total. The number of nitrogens with one attached hydrogen (secondary N) is 1. The van der Waals surface area contributed by atoms with Crippen LogP contribution in [0.2, 0.25) is 0 Å². The Hall–Kier alpha value is -2.05. The fraction of sp³-hybridized carbons (Fsp3) is 0.500. The summed E-state index contributed by atoms with van der Waals surface area (Å²) < 4.78 is 0. The van der Waals surface area contributed by atoms with Crippen LogP contribution in [0.4, 0.5) is 5.82 Å². The van der Waals surface area contributed by atoms with Gasteiger partial charge in [-0.25, -0.2) is 9.97 Å². The minimum atomic E-state index is 0.769. The molecule has 3 aromatic rings. The number of hydrogen-bond donors (Lipinski definition) is 1. The van der Waals surface area contributed by atoms with Crippen molar-refractivity contribution in [1.29, 1.82) is 0 Å². The number of aromatic nitrogens is 3. The SMILES string of the molecule is C[C@H]1CCc2c(sc3nc(-c4cccnc4)nc(N4CCC[NH+](C)CC4)c23)C1. The first kappa shape index (κ1) is 18.0. The second-order valence-corrected chi connectivity index (χ2v) is 9.53. The van der Waals surface area contributed by atoms with Gasteiger partial charge in [-0.3, -0.25) is 4.98 Å². The van der Waals surface area contributed by atoms with E-state index in [1.807, 2.05) is 29.8 Å². The number of anilines is 1. The Balaban J connectivity index is 1.68. The third-order valence-corrected chi connectivity index (χ3v) is 7.34. The summed E-state index contributed by atoms with van der Waals surface area (Å²) in [5.41, 5.74) is 2.53. The lowest BCUT2D eigenvalue weighted by atomic mass is 9.89. The van der Waals surface area contributed by atoms with E-state index in [1.165, 1.54) is 41.6 Å². The summed E-state index contributed by atoms with van der Waals surface area (Å²) >= 11 is 1.89. The molecule has 0 bridgehead atoms. The molecule has 2 atom stereocenters. The molecule has 0 saturated carbocycles. The van der Waals surface area contributed by atoms with Gasteiger partial charge in [0.25, 0.3) is 0 Å². The van der Waals surface area contributed by atoms with E-state index in [1.54, 1.807) is 4.90 Å². The van der Waals surface area contributed by atoms with Crippen LogP contribution in [0.1, 0.15) is 30.2 Å². The van der Waals surface area contributed by atoms with Gasteiger partial charge in [0.1, 0.15) is 10.6 Å². The van der Waals surface area contributed by atoms with Gasteiger partial charge in [-0.2, -0.15) is 0 Å². The van der Waals surface area contributed by atoms with Crippen molar-refractivity contribution in [2.45, 2.75) is 32.6 Å². The lowest BCUT2D eigenvalue weighted by molar-refractivity contribution is -0.876. The lowest BCUT2D eigenvalue weighted by Gasteiger charge is -2.24. The zero-order valence-corrected chi connectivity index (χ0v) is 17.6. The normalized spacial score (nSPS) is 22.9. The quantitative estimate of drug-likeness (QED) is 0.726. The molecular formula is C22H28N5S+. The van der Waals surface area contributed by atoms with Crippen LogP contribution in [0.15, 0.2) is 24.5 Å². The van der Waals surface area contributed by atoms with E-state index in [0.717, 1.165) is 54.0 Å². The molecule has 1 saturated heterocycles. The predicted molar refractivity (Wildman–Crippen MR) is 115 cm³/mol. The third kappa shape index (κ3) is 3.29. The fourth-order valence-corrected chi connectivity index (χ4v) is 5.90. The second-order valence-electron chi connectivity index (χ2n) is 8.44. The van der Waals surface area contributed by atoms with Gasteiger partial charge in [0.15, 0.2) is 5.82 Å². The van der Waals surface area contributed by atoms with Crippen molar-refractivity contribution >= 4 is 27.4 Å². The highest BCUT2D eigenvalue weighted by Gasteiger charge is 2.27. The Bertz CT molecular complexity index is 984. The molecule has 1 unspecified atom stereocenters. The maximum absolute atomic E-state index is 5.13. The summed E-state index contributed by atoms with van der Waals surface area (Å²) in [7, 11) is 2.30. The summed E-state index contributed by atoms with van der Waals surface area (Å²) in [4.78, 5) is 21.3. The van der Waals surface area contributed by atoms with Crippen LogP contribution in [-0.4, -0.2) is 48.2 Å². The first-order valence-electron chi connectivity index (χ1n) is 10.5. The number of aryl methyl sites for hydroxylation is 1. The van der Waals surface area contributed by atoms with E-state index in [-0.39, 0.29) is 0 Å². The van der Waals surface area contributed by atoms with E-state index in [9.17, 15) is 0 Å². The smallest absolute Gasteiger partial charge is 0.164 e. The molecule has 146 valence electrons. The van der Waals surface area contributed by atoms with E-state index in [0.29, 0.717) is 0 Å². The monoisotopic (exact) mass is 394 g/mol. The number of pyridine rings is 1. The maximum Gasteiger partial charge on any atom is 0.164 e. The number of hydrogen-bond acceptors (Lipinski definition) is 5. The van der Waals surface area contributed by atoms with Crippen molar-refractivity contribution in [3.63, 3.8) is 0 Å². The van der Waals surface area contributed by atoms with Crippen molar-refractivity contribution in [1.82, 2.24) is 15.0 Å². The highest BCUT2D eigenvalue weighted by Crippen LogP contribution is 2.41. The molecule has 0 spiro atoms. The van der Waals surface area contributed by atoms with Crippen molar-refractivity contribution < 1.29 is 4.90 Å². The summed E-state index contributed by atoms with van der Waals surface area (Å²) in [6.45, 7) is 6.91. The third-order valence-electron chi connectivity index (χ3n) is 6.20. The Morgan fingerprint density at radius 2 is 2.14 bits per heavy atom. The molecule has 1 N–H and O–H groups in total. The molecule has 0 amide bonds. The zero-order chi connectivity index (χ0) is 19.1. The zero-order valence-electron chi connectivity index (χ0n) is 16.7. The average molecular weight is 395 g/mol. The summed E-state index contributed by atoms with van der Waals surface area (Å²) in [6, 6.07) is 4.03. The number of nitrogens with zero attached hydrogens (tertiary/aromatic N) is 4. The van der Waals surface area contributed by atoms with Crippen molar-refractivity contribution in [2.75, 3.05) is 38.1 Å². The van der Waals surface area contributed by atoms with E-state index in [2.05, 4.69) is 29.9 Å². The molecule has 0 aromatic carbocycles. The molecule has 6 heteroatoms. The standard InChI is InChI=1S/C22H27N5S/c1-15-6-7-17-18(13-15)28-22-19(17)21(27-10-4-9-26(2)11-12-27)24-20(25-22)16-5-3-8-23-14-16/h3,5,8,14-15H,4,6-7,9-13H2,1-2H3/p+1/t15-/m0/s1. The fourth-order valence-electron chi connectivity index (χ4n) is 4.52. The summed E-state index contributed by atoms with van der Waals surface area (Å²) in [5.74, 6) is 2.74. The molecule has 5 rings (SSSR count). The van der Waals surface area contributed by atoms with Gasteiger partial charge in [0, 0.05) is 35.8 Å². The van der Waals surface area contributed by atoms with Crippen LogP contribution in [0.5, 0.6) is 0 Å². The van der Waals surface area contributed by atoms with E-state index < -0.39 is 0 Å². The first-order chi connectivity index (χ1) is 13.7. The highest BCUT2D eigenvalue weighted by atomic mass is 32.1. The van der Waals surface area contributed by atoms with Gasteiger partial charge in [-0.05, 0) is 42.9 Å². The number of quaternary nitrogens is 1. The van der Waals surface area contributed by atoms with Gasteiger partial charge < -0.3 is 9.80 Å². The maximum atomic E-state index is 5.13. The topological polar surface area (TPSA) is 46.4 Å². The minimum Gasteiger partial charge on any atom is -0.350 e. The molecule has 2 aliphatic rings. The van der Waals surface area contributed by atoms with Crippen LogP contribution in [0.25, 0.3) is 21.6 Å². The first-order valence-corrected chi connectivity index (χ1v) is 11.3. The van der Waals surface area contributed by atoms with Crippen LogP contribution < -0.4 is 9.80 Å². The Morgan fingerprint density at radius 1 is 1.21 bits per heavy atom. The van der Waals surface area contributed by atoms with Crippen molar-refractivity contribution in [3.05, 3.63) is 35.0 Å². The minimum absolute atomic E-state index is 0.769. The Morgan fingerprint density at radius 3 is 3.00 bits per heavy atom. The molecule has 1 fully saturated rings. The van der Waals surface area contributed by atoms with Crippen molar-refractivity contribution in [2.24, 2.45) is 5.92 Å². The van der Waals surface area contributed by atoms with Gasteiger partial charge in [0.2, 0.25) is 0 Å². The van der Waals surface area contributed by atoms with Crippen LogP contribution >= 0.6 is 11.3 Å². The molecule has 1 aliphatic carbocycles. The van der Waals surface area contributed by atoms with Crippen molar-refractivity contribution in [3.8, 4) is 11.4 Å². The van der Waals surface area contributed by atoms with Crippen LogP contribution in [0.3, 0.4) is 0 Å². The number of likely N-dealkylation sites (N-methyl/N-ethyl adjacent to an activating group) is 1. The molecule has 0 radical (unpaired) electrons. The summed E-state index contributed by atoms with van der Waals surface area (Å²) in [6.07, 6.45) is 8.52. The summed E-state index contributed by atoms with van der Waals surface area (Å²) in [5, 5.41) is 1.33. The number of thiophene rings is 1. The van der Waals surface area contributed by atoms with Gasteiger partial charge in [0.05, 0.1) is 32.1 Å². The molecule has 3 aromatic heterocycles. The van der Waals surface area contributed by atoms with Gasteiger partial charge in [-0.1, -0.05) is 6.92 Å². The molecule has 28 heavy (non-hydrogen) atoms. The molecule has 1 aliphatic heterocycles. The average Bonchev–Trinajstić information content (AvgIpc) is 2.93. The molecular weight excluding hydrogens is 366 g/mol. The number of fused-ring (bicyclic) bond motifs is 3. The van der Waals surface area contributed by atoms with E-state index >= 15 is 0 Å². The van der Waals surface area contributed by atoms with Crippen LogP contribution in [-0.2, 0) is 12.8 Å². The Kier molecular flexibility index (Phi) is 4.77. The van der Waals surface area contributed by atoms with Gasteiger partial charge in [-0.15, -0.1) is 11.3 Å². The van der Waals surface area contributed by atoms with E-state index in [4.69, 9.17) is 9.97 Å². The van der Waals surface area contributed by atoms with Gasteiger partial charge >= 0.3 is 0 Å². The lowest BCUT2D eigenvalue weighted by Crippen LogP contribution is -3.09. The predicted octanol–water partition coefficient (Wildman–Crippen LogP) is 2.60.